The lowest BCUT2D eigenvalue weighted by molar-refractivity contribution is -0.274. The van der Waals surface area contributed by atoms with Crippen LogP contribution in [0.1, 0.15) is 0 Å². The van der Waals surface area contributed by atoms with Crippen molar-refractivity contribution in [2.24, 2.45) is 0 Å². The Balaban J connectivity index is 1.73. The van der Waals surface area contributed by atoms with Crippen molar-refractivity contribution in [2.45, 2.75) is 6.36 Å². The van der Waals surface area contributed by atoms with E-state index in [9.17, 15) is 17.6 Å². The number of halogens is 5. The molecule has 2 aromatic carbocycles. The van der Waals surface area contributed by atoms with E-state index >= 15 is 0 Å². The van der Waals surface area contributed by atoms with Crippen molar-refractivity contribution < 1.29 is 22.3 Å². The highest BCUT2D eigenvalue weighted by Crippen LogP contribution is 2.29. The van der Waals surface area contributed by atoms with Crippen LogP contribution in [-0.4, -0.2) is 20.7 Å². The van der Waals surface area contributed by atoms with Crippen LogP contribution in [0.3, 0.4) is 0 Å². The Morgan fingerprint density at radius 1 is 1.11 bits per heavy atom. The third-order valence-electron chi connectivity index (χ3n) is 3.71. The summed E-state index contributed by atoms with van der Waals surface area (Å²) in [4.78, 5) is 8.59. The van der Waals surface area contributed by atoms with E-state index in [-0.39, 0.29) is 10.8 Å². The number of fused-ring (bicyclic) bond motifs is 3. The molecule has 0 amide bonds. The molecule has 0 unspecified atom stereocenters. The standard InChI is InChI=1S/C17H9ClF4N4O/c18-11-7-13-14(8-12(11)19)26-6-5-23-16(26)15(25-13)24-9-1-3-10(4-2-9)27-17(20,21)22/h1-8H,(H,24,25). The van der Waals surface area contributed by atoms with E-state index in [0.717, 1.165) is 0 Å². The minimum atomic E-state index is -4.76. The number of nitrogens with zero attached hydrogens (tertiary/aromatic N) is 3. The zero-order chi connectivity index (χ0) is 19.2. The van der Waals surface area contributed by atoms with Gasteiger partial charge in [0.25, 0.3) is 0 Å². The maximum absolute atomic E-state index is 13.8. The second-order valence-corrected chi connectivity index (χ2v) is 5.94. The first-order valence-electron chi connectivity index (χ1n) is 7.55. The van der Waals surface area contributed by atoms with Gasteiger partial charge in [-0.3, -0.25) is 4.40 Å². The topological polar surface area (TPSA) is 51.5 Å². The molecule has 1 N–H and O–H groups in total. The summed E-state index contributed by atoms with van der Waals surface area (Å²) in [6, 6.07) is 7.80. The van der Waals surface area contributed by atoms with Crippen molar-refractivity contribution in [1.29, 1.82) is 0 Å². The van der Waals surface area contributed by atoms with Crippen LogP contribution in [-0.2, 0) is 0 Å². The summed E-state index contributed by atoms with van der Waals surface area (Å²) in [5.41, 5.74) is 1.78. The average Bonchev–Trinajstić information content (AvgIpc) is 3.07. The van der Waals surface area contributed by atoms with Gasteiger partial charge in [-0.05, 0) is 30.3 Å². The minimum absolute atomic E-state index is 0.0749. The molecule has 4 aromatic rings. The van der Waals surface area contributed by atoms with Crippen LogP contribution in [0.15, 0.2) is 48.8 Å². The number of benzene rings is 2. The van der Waals surface area contributed by atoms with Crippen molar-refractivity contribution in [3.05, 3.63) is 59.6 Å². The summed E-state index contributed by atoms with van der Waals surface area (Å²) in [7, 11) is 0. The summed E-state index contributed by atoms with van der Waals surface area (Å²) in [5, 5.41) is 2.91. The van der Waals surface area contributed by atoms with Gasteiger partial charge in [-0.25, -0.2) is 14.4 Å². The van der Waals surface area contributed by atoms with Gasteiger partial charge in [-0.15, -0.1) is 13.2 Å². The summed E-state index contributed by atoms with van der Waals surface area (Å²) in [5.74, 6) is -0.589. The van der Waals surface area contributed by atoms with Crippen LogP contribution in [0.2, 0.25) is 5.02 Å². The van der Waals surface area contributed by atoms with Gasteiger partial charge in [0.05, 0.1) is 16.1 Å². The number of aromatic nitrogens is 3. The first-order chi connectivity index (χ1) is 12.8. The first kappa shape index (κ1) is 17.3. The monoisotopic (exact) mass is 396 g/mol. The largest absolute Gasteiger partial charge is 0.573 e. The maximum Gasteiger partial charge on any atom is 0.573 e. The third kappa shape index (κ3) is 3.45. The number of nitrogens with one attached hydrogen (secondary N) is 1. The van der Waals surface area contributed by atoms with E-state index in [2.05, 4.69) is 20.0 Å². The van der Waals surface area contributed by atoms with E-state index < -0.39 is 12.2 Å². The van der Waals surface area contributed by atoms with Crippen molar-refractivity contribution >= 4 is 39.8 Å². The van der Waals surface area contributed by atoms with Crippen molar-refractivity contribution in [3.8, 4) is 5.75 Å². The van der Waals surface area contributed by atoms with Gasteiger partial charge in [0.1, 0.15) is 11.6 Å². The van der Waals surface area contributed by atoms with Crippen LogP contribution < -0.4 is 10.1 Å². The Labute approximate surface area is 154 Å². The smallest absolute Gasteiger partial charge is 0.406 e. The van der Waals surface area contributed by atoms with Gasteiger partial charge in [-0.1, -0.05) is 11.6 Å². The van der Waals surface area contributed by atoms with Gasteiger partial charge < -0.3 is 10.1 Å². The van der Waals surface area contributed by atoms with Gasteiger partial charge in [0, 0.05) is 24.1 Å². The van der Waals surface area contributed by atoms with Gasteiger partial charge in [0.2, 0.25) is 0 Å². The molecule has 0 atom stereocenters. The molecule has 2 aromatic heterocycles. The molecule has 0 aliphatic heterocycles. The van der Waals surface area contributed by atoms with E-state index in [4.69, 9.17) is 11.6 Å². The Morgan fingerprint density at radius 3 is 2.56 bits per heavy atom. The van der Waals surface area contributed by atoms with E-state index in [1.54, 1.807) is 10.6 Å². The number of alkyl halides is 3. The van der Waals surface area contributed by atoms with Crippen LogP contribution >= 0.6 is 11.6 Å². The SMILES string of the molecule is Fc1cc2c(cc1Cl)nc(Nc1ccc(OC(F)(F)F)cc1)c1nccn12. The van der Waals surface area contributed by atoms with Crippen LogP contribution in [0.5, 0.6) is 5.75 Å². The predicted molar refractivity (Wildman–Crippen MR) is 91.9 cm³/mol. The molecule has 0 bridgehead atoms. The number of anilines is 2. The molecule has 0 radical (unpaired) electrons. The molecule has 10 heteroatoms. The Hall–Kier alpha value is -3.07. The zero-order valence-electron chi connectivity index (χ0n) is 13.3. The average molecular weight is 397 g/mol. The number of hydrogen-bond donors (Lipinski definition) is 1. The predicted octanol–water partition coefficient (Wildman–Crippen LogP) is 5.32. The fourth-order valence-corrected chi connectivity index (χ4v) is 2.77. The quantitative estimate of drug-likeness (QED) is 0.476. The van der Waals surface area contributed by atoms with Crippen LogP contribution in [0, 0.1) is 5.82 Å². The zero-order valence-corrected chi connectivity index (χ0v) is 14.0. The molecular formula is C17H9ClF4N4O. The molecule has 0 saturated carbocycles. The fraction of sp³-hybridized carbons (Fsp3) is 0.0588. The molecule has 0 aliphatic rings. The van der Waals surface area contributed by atoms with Crippen molar-refractivity contribution in [2.75, 3.05) is 5.32 Å². The Bertz CT molecular complexity index is 1140. The fourth-order valence-electron chi connectivity index (χ4n) is 2.61. The van der Waals surface area contributed by atoms with Crippen molar-refractivity contribution in [3.63, 3.8) is 0 Å². The van der Waals surface area contributed by atoms with E-state index in [0.29, 0.717) is 28.2 Å². The molecule has 5 nitrogen and oxygen atoms in total. The highest BCUT2D eigenvalue weighted by Gasteiger charge is 2.30. The number of rotatable bonds is 3. The lowest BCUT2D eigenvalue weighted by atomic mass is 10.2. The summed E-state index contributed by atoms with van der Waals surface area (Å²) in [6.45, 7) is 0. The number of imidazole rings is 1. The highest BCUT2D eigenvalue weighted by atomic mass is 35.5. The lowest BCUT2D eigenvalue weighted by Crippen LogP contribution is -2.17. The van der Waals surface area contributed by atoms with E-state index in [1.165, 1.54) is 42.6 Å². The highest BCUT2D eigenvalue weighted by molar-refractivity contribution is 6.31. The number of ether oxygens (including phenoxy) is 1. The molecule has 0 spiro atoms. The molecule has 0 aliphatic carbocycles. The molecule has 4 rings (SSSR count). The second-order valence-electron chi connectivity index (χ2n) is 5.53. The molecular weight excluding hydrogens is 388 g/mol. The Morgan fingerprint density at radius 2 is 1.85 bits per heavy atom. The van der Waals surface area contributed by atoms with Crippen LogP contribution in [0.25, 0.3) is 16.7 Å². The third-order valence-corrected chi connectivity index (χ3v) is 4.00. The van der Waals surface area contributed by atoms with E-state index in [1.807, 2.05) is 0 Å². The van der Waals surface area contributed by atoms with Crippen LogP contribution in [0.4, 0.5) is 29.1 Å². The van der Waals surface area contributed by atoms with Gasteiger partial charge in [-0.2, -0.15) is 0 Å². The molecule has 0 fully saturated rings. The minimum Gasteiger partial charge on any atom is -0.406 e. The van der Waals surface area contributed by atoms with Gasteiger partial charge in [0.15, 0.2) is 11.5 Å². The molecule has 138 valence electrons. The second kappa shape index (κ2) is 6.27. The summed E-state index contributed by atoms with van der Waals surface area (Å²) in [6.07, 6.45) is -1.60. The molecule has 0 saturated heterocycles. The lowest BCUT2D eigenvalue weighted by Gasteiger charge is -2.12. The molecule has 2 heterocycles. The first-order valence-corrected chi connectivity index (χ1v) is 7.92. The van der Waals surface area contributed by atoms with Crippen molar-refractivity contribution in [1.82, 2.24) is 14.4 Å². The number of hydrogen-bond acceptors (Lipinski definition) is 4. The van der Waals surface area contributed by atoms with Gasteiger partial charge >= 0.3 is 6.36 Å². The normalized spacial score (nSPS) is 11.9. The summed E-state index contributed by atoms with van der Waals surface area (Å²) >= 11 is 5.83. The maximum atomic E-state index is 13.8. The Kier molecular flexibility index (Phi) is 4.03. The summed E-state index contributed by atoms with van der Waals surface area (Å²) < 4.78 is 56.0. The molecule has 27 heavy (non-hydrogen) atoms.